The van der Waals surface area contributed by atoms with Crippen molar-refractivity contribution in [3.05, 3.63) is 63.7 Å². The smallest absolute Gasteiger partial charge is 0.227 e. The summed E-state index contributed by atoms with van der Waals surface area (Å²) in [5.41, 5.74) is 5.34. The molecule has 6 rings (SSSR count). The van der Waals surface area contributed by atoms with Gasteiger partial charge >= 0.3 is 0 Å². The summed E-state index contributed by atoms with van der Waals surface area (Å²) >= 11 is 12.5. The first-order valence-electron chi connectivity index (χ1n) is 12.2. The van der Waals surface area contributed by atoms with Crippen molar-refractivity contribution in [3.63, 3.8) is 0 Å². The van der Waals surface area contributed by atoms with Gasteiger partial charge in [-0.1, -0.05) is 34.4 Å². The first kappa shape index (κ1) is 23.5. The molecule has 1 saturated heterocycles. The number of aromatic nitrogens is 3. The molecule has 1 aliphatic carbocycles. The van der Waals surface area contributed by atoms with Crippen LogP contribution in [0.15, 0.2) is 40.9 Å². The van der Waals surface area contributed by atoms with Crippen molar-refractivity contribution < 1.29 is 14.4 Å². The summed E-state index contributed by atoms with van der Waals surface area (Å²) in [5.74, 6) is 1.62. The molecule has 1 amide bonds. The van der Waals surface area contributed by atoms with Crippen molar-refractivity contribution in [1.29, 1.82) is 0 Å². The third-order valence-corrected chi connectivity index (χ3v) is 8.21. The first-order valence-corrected chi connectivity index (χ1v) is 13.0. The molecule has 0 bridgehead atoms. The van der Waals surface area contributed by atoms with Gasteiger partial charge in [-0.25, -0.2) is 4.98 Å². The van der Waals surface area contributed by atoms with Crippen LogP contribution in [0.4, 0.5) is 5.69 Å². The van der Waals surface area contributed by atoms with E-state index >= 15 is 0 Å². The number of anilines is 1. The molecule has 4 aromatic rings. The quantitative estimate of drug-likeness (QED) is 0.326. The number of imidazole rings is 1. The van der Waals surface area contributed by atoms with E-state index in [1.807, 2.05) is 19.9 Å². The molecule has 2 fully saturated rings. The normalized spacial score (nSPS) is 22.3. The van der Waals surface area contributed by atoms with Gasteiger partial charge in [-0.15, -0.1) is 0 Å². The van der Waals surface area contributed by atoms with E-state index in [1.54, 1.807) is 17.0 Å². The van der Waals surface area contributed by atoms with Crippen LogP contribution in [0.25, 0.3) is 22.2 Å². The summed E-state index contributed by atoms with van der Waals surface area (Å²) in [6.07, 6.45) is 3.01. The van der Waals surface area contributed by atoms with Crippen LogP contribution in [0.3, 0.4) is 0 Å². The van der Waals surface area contributed by atoms with Crippen molar-refractivity contribution in [2.45, 2.75) is 64.1 Å². The van der Waals surface area contributed by atoms with E-state index in [1.165, 1.54) is 0 Å². The van der Waals surface area contributed by atoms with Crippen LogP contribution in [0.1, 0.15) is 61.5 Å². The maximum atomic E-state index is 13.1. The minimum Gasteiger partial charge on any atom is -0.393 e. The van der Waals surface area contributed by atoms with Gasteiger partial charge in [0.2, 0.25) is 5.91 Å². The Morgan fingerprint density at radius 1 is 1.06 bits per heavy atom. The largest absolute Gasteiger partial charge is 0.393 e. The van der Waals surface area contributed by atoms with E-state index in [2.05, 4.69) is 27.9 Å². The summed E-state index contributed by atoms with van der Waals surface area (Å²) in [7, 11) is 0. The molecule has 1 saturated carbocycles. The number of hydrogen-bond donors (Lipinski definition) is 1. The van der Waals surface area contributed by atoms with Crippen LogP contribution in [-0.2, 0) is 4.79 Å². The molecule has 9 heteroatoms. The minimum atomic E-state index is -0.335. The maximum absolute atomic E-state index is 13.1. The lowest BCUT2D eigenvalue weighted by Crippen LogP contribution is -2.29. The Hall–Kier alpha value is -2.87. The number of carbonyl (C=O) groups excluding carboxylic acids is 1. The Bertz CT molecular complexity index is 1470. The standard InChI is InChI=1S/C27H26Cl2N4O3/c1-14-26(15(2)36-31-14)16-3-8-23-22(11-16)30-27(33(23)17-4-6-19(34)12-17)24-9-10-25(35)32(24)18-5-7-20(28)21(29)13-18/h3,5,7-8,11,13,17,19,24,34H,4,6,9-10,12H2,1-2H3/t17-,19-,24?/m1/s1. The zero-order valence-corrected chi connectivity index (χ0v) is 21.6. The number of nitrogens with zero attached hydrogens (tertiary/aromatic N) is 4. The lowest BCUT2D eigenvalue weighted by Gasteiger charge is -2.27. The Morgan fingerprint density at radius 3 is 2.58 bits per heavy atom. The highest BCUT2D eigenvalue weighted by atomic mass is 35.5. The second-order valence-corrected chi connectivity index (χ2v) is 10.6. The fourth-order valence-corrected chi connectivity index (χ4v) is 6.14. The van der Waals surface area contributed by atoms with Crippen LogP contribution >= 0.6 is 23.2 Å². The van der Waals surface area contributed by atoms with Crippen LogP contribution < -0.4 is 4.90 Å². The fraction of sp³-hybridized carbons (Fsp3) is 0.370. The summed E-state index contributed by atoms with van der Waals surface area (Å²) in [5, 5.41) is 15.3. The molecule has 1 unspecified atom stereocenters. The molecule has 0 spiro atoms. The molecule has 2 aromatic carbocycles. The number of halogens is 2. The van der Waals surface area contributed by atoms with E-state index in [0.29, 0.717) is 35.0 Å². The third-order valence-electron chi connectivity index (χ3n) is 7.47. The lowest BCUT2D eigenvalue weighted by atomic mass is 10.0. The number of hydrogen-bond acceptors (Lipinski definition) is 5. The fourth-order valence-electron chi connectivity index (χ4n) is 5.84. The molecular formula is C27H26Cl2N4O3. The Balaban J connectivity index is 1.51. The summed E-state index contributed by atoms with van der Waals surface area (Å²) in [4.78, 5) is 20.0. The number of aliphatic hydroxyl groups excluding tert-OH is 1. The van der Waals surface area contributed by atoms with E-state index in [0.717, 1.165) is 52.3 Å². The number of amides is 1. The molecule has 36 heavy (non-hydrogen) atoms. The van der Waals surface area contributed by atoms with E-state index in [4.69, 9.17) is 32.7 Å². The van der Waals surface area contributed by atoms with Gasteiger partial charge in [-0.2, -0.15) is 0 Å². The van der Waals surface area contributed by atoms with Crippen molar-refractivity contribution in [3.8, 4) is 11.1 Å². The van der Waals surface area contributed by atoms with Crippen molar-refractivity contribution in [1.82, 2.24) is 14.7 Å². The molecule has 2 aromatic heterocycles. The van der Waals surface area contributed by atoms with Gasteiger partial charge in [0.05, 0.1) is 38.9 Å². The van der Waals surface area contributed by atoms with E-state index in [9.17, 15) is 9.90 Å². The Labute approximate surface area is 218 Å². The van der Waals surface area contributed by atoms with Gasteiger partial charge in [-0.05, 0) is 75.4 Å². The molecule has 186 valence electrons. The van der Waals surface area contributed by atoms with Crippen molar-refractivity contribution >= 4 is 45.8 Å². The number of fused-ring (bicyclic) bond motifs is 1. The van der Waals surface area contributed by atoms with Gasteiger partial charge in [-0.3, -0.25) is 4.79 Å². The van der Waals surface area contributed by atoms with Gasteiger partial charge in [0.15, 0.2) is 0 Å². The summed E-state index contributed by atoms with van der Waals surface area (Å²) < 4.78 is 7.64. The highest BCUT2D eigenvalue weighted by Gasteiger charge is 2.39. The second kappa shape index (κ2) is 8.91. The number of aryl methyl sites for hydroxylation is 2. The highest BCUT2D eigenvalue weighted by molar-refractivity contribution is 6.42. The first-order chi connectivity index (χ1) is 17.3. The third kappa shape index (κ3) is 3.81. The van der Waals surface area contributed by atoms with Gasteiger partial charge < -0.3 is 19.1 Å². The molecule has 3 heterocycles. The number of carbonyl (C=O) groups is 1. The Morgan fingerprint density at radius 2 is 1.89 bits per heavy atom. The number of benzene rings is 2. The molecule has 2 aliphatic rings. The highest BCUT2D eigenvalue weighted by Crippen LogP contribution is 2.43. The monoisotopic (exact) mass is 524 g/mol. The van der Waals surface area contributed by atoms with Crippen LogP contribution in [0, 0.1) is 13.8 Å². The zero-order valence-electron chi connectivity index (χ0n) is 20.0. The van der Waals surface area contributed by atoms with Crippen LogP contribution in [-0.4, -0.2) is 31.8 Å². The summed E-state index contributed by atoms with van der Waals surface area (Å²) in [6.45, 7) is 3.84. The van der Waals surface area contributed by atoms with Gasteiger partial charge in [0.25, 0.3) is 0 Å². The Kier molecular flexibility index (Phi) is 5.82. The van der Waals surface area contributed by atoms with Crippen molar-refractivity contribution in [2.24, 2.45) is 0 Å². The molecular weight excluding hydrogens is 499 g/mol. The van der Waals surface area contributed by atoms with Crippen molar-refractivity contribution in [2.75, 3.05) is 4.90 Å². The topological polar surface area (TPSA) is 84.4 Å². The number of rotatable bonds is 4. The summed E-state index contributed by atoms with van der Waals surface area (Å²) in [6, 6.07) is 11.4. The van der Waals surface area contributed by atoms with Crippen LogP contribution in [0.2, 0.25) is 10.0 Å². The maximum Gasteiger partial charge on any atom is 0.227 e. The van der Waals surface area contributed by atoms with E-state index < -0.39 is 0 Å². The average molecular weight is 525 g/mol. The van der Waals surface area contributed by atoms with Gasteiger partial charge in [0.1, 0.15) is 11.6 Å². The molecule has 0 radical (unpaired) electrons. The second-order valence-electron chi connectivity index (χ2n) is 9.78. The minimum absolute atomic E-state index is 0.0277. The predicted molar refractivity (Wildman–Crippen MR) is 140 cm³/mol. The molecule has 3 atom stereocenters. The molecule has 7 nitrogen and oxygen atoms in total. The molecule has 1 N–H and O–H groups in total. The predicted octanol–water partition coefficient (Wildman–Crippen LogP) is 6.57. The zero-order chi connectivity index (χ0) is 25.1. The molecule has 1 aliphatic heterocycles. The number of aliphatic hydroxyl groups is 1. The average Bonchev–Trinajstić information content (AvgIpc) is 3.61. The SMILES string of the molecule is Cc1noc(C)c1-c1ccc2c(c1)nc(C1CCC(=O)N1c1ccc(Cl)c(Cl)c1)n2[C@@H]1CC[C@@H](O)C1. The van der Waals surface area contributed by atoms with Crippen LogP contribution in [0.5, 0.6) is 0 Å². The lowest BCUT2D eigenvalue weighted by molar-refractivity contribution is -0.117. The van der Waals surface area contributed by atoms with Gasteiger partial charge in [0, 0.05) is 23.7 Å². The van der Waals surface area contributed by atoms with E-state index in [-0.39, 0.29) is 24.1 Å².